The normalized spacial score (nSPS) is 10.9. The fourth-order valence-corrected chi connectivity index (χ4v) is 2.02. The summed E-state index contributed by atoms with van der Waals surface area (Å²) < 4.78 is 6.26. The number of benzene rings is 1. The Balaban J connectivity index is 2.40. The van der Waals surface area contributed by atoms with Crippen LogP contribution in [0.15, 0.2) is 22.7 Å². The van der Waals surface area contributed by atoms with Crippen molar-refractivity contribution in [1.29, 1.82) is 0 Å². The molecule has 0 saturated carbocycles. The molecule has 1 rings (SSSR count). The first kappa shape index (κ1) is 16.1. The Labute approximate surface area is 121 Å². The molecule has 0 heterocycles. The second-order valence-electron chi connectivity index (χ2n) is 4.48. The summed E-state index contributed by atoms with van der Waals surface area (Å²) in [5.41, 5.74) is 0.832. The van der Waals surface area contributed by atoms with Crippen molar-refractivity contribution in [3.05, 3.63) is 38.3 Å². The number of nitrogens with one attached hydrogen (secondary N) is 1. The molecule has 1 aromatic rings. The molecule has 0 amide bonds. The maximum atomic E-state index is 10.9. The Hall–Kier alpha value is -0.980. The molecular weight excluding hydrogens is 312 g/mol. The molecule has 6 heteroatoms. The number of nitrogens with zero attached hydrogens (tertiary/aromatic N) is 1. The third-order valence-electron chi connectivity index (χ3n) is 2.50. The summed E-state index contributed by atoms with van der Waals surface area (Å²) in [5.74, 6) is 0. The van der Waals surface area contributed by atoms with Crippen LogP contribution in [0.1, 0.15) is 25.8 Å². The summed E-state index contributed by atoms with van der Waals surface area (Å²) >= 11 is 3.32. The summed E-state index contributed by atoms with van der Waals surface area (Å²) in [7, 11) is 0. The van der Waals surface area contributed by atoms with E-state index in [-0.39, 0.29) is 16.7 Å². The minimum atomic E-state index is -0.356. The molecule has 0 saturated heterocycles. The van der Waals surface area contributed by atoms with Gasteiger partial charge in [0.25, 0.3) is 5.69 Å². The van der Waals surface area contributed by atoms with Crippen LogP contribution in [-0.4, -0.2) is 24.2 Å². The molecule has 0 aliphatic carbocycles. The van der Waals surface area contributed by atoms with Crippen LogP contribution >= 0.6 is 15.9 Å². The average molecular weight is 331 g/mol. The van der Waals surface area contributed by atoms with Crippen LogP contribution in [-0.2, 0) is 11.3 Å². The highest BCUT2D eigenvalue weighted by Crippen LogP contribution is 2.22. The highest BCUT2D eigenvalue weighted by molar-refractivity contribution is 9.10. The number of nitro benzene ring substituents is 1. The van der Waals surface area contributed by atoms with Gasteiger partial charge >= 0.3 is 0 Å². The van der Waals surface area contributed by atoms with E-state index in [0.717, 1.165) is 17.4 Å². The van der Waals surface area contributed by atoms with Gasteiger partial charge in [-0.25, -0.2) is 0 Å². The molecule has 0 aromatic heterocycles. The quantitative estimate of drug-likeness (QED) is 0.451. The SMILES string of the molecule is CC(C)OCCCNCc1cc(Br)ccc1[N+](=O)[O-]. The van der Waals surface area contributed by atoms with E-state index >= 15 is 0 Å². The lowest BCUT2D eigenvalue weighted by atomic mass is 10.2. The summed E-state index contributed by atoms with van der Waals surface area (Å²) in [6, 6.07) is 4.97. The predicted octanol–water partition coefficient (Wildman–Crippen LogP) is 3.26. The first-order valence-corrected chi connectivity index (χ1v) is 7.05. The third-order valence-corrected chi connectivity index (χ3v) is 3.00. The zero-order chi connectivity index (χ0) is 14.3. The molecule has 0 unspecified atom stereocenters. The maximum absolute atomic E-state index is 10.9. The van der Waals surface area contributed by atoms with Gasteiger partial charge in [0.15, 0.2) is 0 Å². The number of nitro groups is 1. The van der Waals surface area contributed by atoms with Crippen LogP contribution in [0.25, 0.3) is 0 Å². The van der Waals surface area contributed by atoms with Crippen molar-refractivity contribution in [2.24, 2.45) is 0 Å². The van der Waals surface area contributed by atoms with Gasteiger partial charge in [0.05, 0.1) is 11.0 Å². The number of hydrogen-bond acceptors (Lipinski definition) is 4. The third kappa shape index (κ3) is 6.13. The highest BCUT2D eigenvalue weighted by Gasteiger charge is 2.12. The fourth-order valence-electron chi connectivity index (χ4n) is 1.61. The van der Waals surface area contributed by atoms with Crippen molar-refractivity contribution in [3.8, 4) is 0 Å². The van der Waals surface area contributed by atoms with Crippen LogP contribution in [0.4, 0.5) is 5.69 Å². The standard InChI is InChI=1S/C13H19BrN2O3/c1-10(2)19-7-3-6-15-9-11-8-12(14)4-5-13(11)16(17)18/h4-5,8,10,15H,3,6-7,9H2,1-2H3. The van der Waals surface area contributed by atoms with Gasteiger partial charge in [-0.2, -0.15) is 0 Å². The molecule has 19 heavy (non-hydrogen) atoms. The van der Waals surface area contributed by atoms with Crippen molar-refractivity contribution in [2.75, 3.05) is 13.2 Å². The van der Waals surface area contributed by atoms with Crippen molar-refractivity contribution >= 4 is 21.6 Å². The van der Waals surface area contributed by atoms with E-state index in [9.17, 15) is 10.1 Å². The summed E-state index contributed by atoms with van der Waals surface area (Å²) in [5, 5.41) is 14.1. The van der Waals surface area contributed by atoms with Gasteiger partial charge in [-0.05, 0) is 38.9 Å². The van der Waals surface area contributed by atoms with E-state index in [0.29, 0.717) is 18.7 Å². The summed E-state index contributed by atoms with van der Waals surface area (Å²) in [6.45, 7) is 5.95. The average Bonchev–Trinajstić information content (AvgIpc) is 2.33. The molecule has 0 fully saturated rings. The van der Waals surface area contributed by atoms with Gasteiger partial charge in [-0.3, -0.25) is 10.1 Å². The molecule has 1 aromatic carbocycles. The van der Waals surface area contributed by atoms with Gasteiger partial charge < -0.3 is 10.1 Å². The number of ether oxygens (including phenoxy) is 1. The molecule has 0 radical (unpaired) electrons. The predicted molar refractivity (Wildman–Crippen MR) is 78.2 cm³/mol. The Morgan fingerprint density at radius 2 is 2.21 bits per heavy atom. The van der Waals surface area contributed by atoms with Crippen molar-refractivity contribution in [3.63, 3.8) is 0 Å². The van der Waals surface area contributed by atoms with E-state index < -0.39 is 0 Å². The molecule has 0 aliphatic heterocycles. The fraction of sp³-hybridized carbons (Fsp3) is 0.538. The Kier molecular flexibility index (Phi) is 6.97. The first-order valence-electron chi connectivity index (χ1n) is 6.26. The van der Waals surface area contributed by atoms with E-state index in [2.05, 4.69) is 21.2 Å². The zero-order valence-corrected chi connectivity index (χ0v) is 12.8. The molecule has 0 spiro atoms. The second kappa shape index (κ2) is 8.24. The number of rotatable bonds is 8. The smallest absolute Gasteiger partial charge is 0.273 e. The largest absolute Gasteiger partial charge is 0.379 e. The van der Waals surface area contributed by atoms with Crippen LogP contribution in [0.5, 0.6) is 0 Å². The van der Waals surface area contributed by atoms with Gasteiger partial charge in [-0.15, -0.1) is 0 Å². The van der Waals surface area contributed by atoms with Crippen LogP contribution < -0.4 is 5.32 Å². The van der Waals surface area contributed by atoms with E-state index in [1.165, 1.54) is 6.07 Å². The van der Waals surface area contributed by atoms with E-state index in [1.54, 1.807) is 12.1 Å². The second-order valence-corrected chi connectivity index (χ2v) is 5.40. The van der Waals surface area contributed by atoms with Crippen LogP contribution in [0.3, 0.4) is 0 Å². The lowest BCUT2D eigenvalue weighted by molar-refractivity contribution is -0.385. The molecular formula is C13H19BrN2O3. The number of halogens is 1. The Morgan fingerprint density at radius 1 is 1.47 bits per heavy atom. The van der Waals surface area contributed by atoms with Gasteiger partial charge in [-0.1, -0.05) is 15.9 Å². The van der Waals surface area contributed by atoms with Crippen LogP contribution in [0.2, 0.25) is 0 Å². The minimum absolute atomic E-state index is 0.147. The highest BCUT2D eigenvalue weighted by atomic mass is 79.9. The lowest BCUT2D eigenvalue weighted by Gasteiger charge is -2.08. The summed E-state index contributed by atoms with van der Waals surface area (Å²) in [4.78, 5) is 10.5. The van der Waals surface area contributed by atoms with Gasteiger partial charge in [0.1, 0.15) is 0 Å². The molecule has 106 valence electrons. The van der Waals surface area contributed by atoms with Crippen molar-refractivity contribution in [1.82, 2.24) is 5.32 Å². The Bertz CT molecular complexity index is 424. The topological polar surface area (TPSA) is 64.4 Å². The zero-order valence-electron chi connectivity index (χ0n) is 11.2. The molecule has 1 N–H and O–H groups in total. The lowest BCUT2D eigenvalue weighted by Crippen LogP contribution is -2.18. The van der Waals surface area contributed by atoms with Crippen molar-refractivity contribution in [2.45, 2.75) is 32.9 Å². The maximum Gasteiger partial charge on any atom is 0.273 e. The van der Waals surface area contributed by atoms with E-state index in [1.807, 2.05) is 13.8 Å². The molecule has 0 atom stereocenters. The van der Waals surface area contributed by atoms with Crippen molar-refractivity contribution < 1.29 is 9.66 Å². The number of hydrogen-bond donors (Lipinski definition) is 1. The Morgan fingerprint density at radius 3 is 2.84 bits per heavy atom. The molecule has 0 aliphatic rings. The van der Waals surface area contributed by atoms with Gasteiger partial charge in [0, 0.05) is 29.3 Å². The van der Waals surface area contributed by atoms with Gasteiger partial charge in [0.2, 0.25) is 0 Å². The van der Waals surface area contributed by atoms with Crippen LogP contribution in [0, 0.1) is 10.1 Å². The monoisotopic (exact) mass is 330 g/mol. The first-order chi connectivity index (χ1) is 9.00. The molecule has 5 nitrogen and oxygen atoms in total. The molecule has 0 bridgehead atoms. The minimum Gasteiger partial charge on any atom is -0.379 e. The van der Waals surface area contributed by atoms with E-state index in [4.69, 9.17) is 4.74 Å². The summed E-state index contributed by atoms with van der Waals surface area (Å²) in [6.07, 6.45) is 1.13.